The number of hydrogen-bond donors (Lipinski definition) is 1. The first-order valence-corrected chi connectivity index (χ1v) is 6.43. The third-order valence-corrected chi connectivity index (χ3v) is 3.27. The van der Waals surface area contributed by atoms with Gasteiger partial charge in [-0.2, -0.15) is 4.98 Å². The van der Waals surface area contributed by atoms with Crippen LogP contribution >= 0.6 is 0 Å². The zero-order chi connectivity index (χ0) is 12.4. The van der Waals surface area contributed by atoms with Crippen molar-refractivity contribution in [2.75, 3.05) is 0 Å². The van der Waals surface area contributed by atoms with Gasteiger partial charge < -0.3 is 10.3 Å². The summed E-state index contributed by atoms with van der Waals surface area (Å²) in [4.78, 5) is 4.38. The summed E-state index contributed by atoms with van der Waals surface area (Å²) in [5.74, 6) is 2.12. The Labute approximate surface area is 106 Å². The molecule has 4 heteroatoms. The molecule has 1 heterocycles. The van der Waals surface area contributed by atoms with Gasteiger partial charge in [-0.05, 0) is 30.7 Å². The van der Waals surface area contributed by atoms with Gasteiger partial charge in [0.25, 0.3) is 0 Å². The molecule has 0 spiro atoms. The number of nitrogens with zero attached hydrogens (tertiary/aromatic N) is 2. The lowest BCUT2D eigenvalue weighted by molar-refractivity contribution is 0.349. The smallest absolute Gasteiger partial charge is 0.243 e. The third kappa shape index (κ3) is 2.76. The van der Waals surface area contributed by atoms with Crippen molar-refractivity contribution in [3.8, 4) is 0 Å². The van der Waals surface area contributed by atoms with Crippen molar-refractivity contribution in [1.29, 1.82) is 0 Å². The fourth-order valence-corrected chi connectivity index (χ4v) is 2.04. The minimum absolute atomic E-state index is 0.215. The van der Waals surface area contributed by atoms with Gasteiger partial charge in [0, 0.05) is 6.42 Å². The molecule has 0 aliphatic heterocycles. The molecule has 0 amide bonds. The zero-order valence-corrected chi connectivity index (χ0v) is 10.2. The van der Waals surface area contributed by atoms with Crippen LogP contribution < -0.4 is 5.73 Å². The SMILES string of the molecule is N[C@@H](Cc1ccccc1)c1nc(CC2CC2)no1. The van der Waals surface area contributed by atoms with E-state index in [1.807, 2.05) is 18.2 Å². The lowest BCUT2D eigenvalue weighted by Crippen LogP contribution is -2.13. The zero-order valence-electron chi connectivity index (χ0n) is 10.2. The van der Waals surface area contributed by atoms with Crippen LogP contribution in [0.15, 0.2) is 34.9 Å². The van der Waals surface area contributed by atoms with Crippen LogP contribution in [0.5, 0.6) is 0 Å². The molecule has 0 unspecified atom stereocenters. The summed E-state index contributed by atoms with van der Waals surface area (Å²) in [6.45, 7) is 0. The maximum Gasteiger partial charge on any atom is 0.243 e. The standard InChI is InChI=1S/C14H17N3O/c15-12(8-10-4-2-1-3-5-10)14-16-13(17-18-14)9-11-6-7-11/h1-5,11-12H,6-9,15H2/t12-/m0/s1. The van der Waals surface area contributed by atoms with E-state index in [0.717, 1.165) is 24.6 Å². The minimum Gasteiger partial charge on any atom is -0.338 e. The van der Waals surface area contributed by atoms with Gasteiger partial charge >= 0.3 is 0 Å². The maximum atomic E-state index is 6.09. The van der Waals surface area contributed by atoms with Crippen molar-refractivity contribution >= 4 is 0 Å². The highest BCUT2D eigenvalue weighted by Gasteiger charge is 2.24. The lowest BCUT2D eigenvalue weighted by Gasteiger charge is -2.05. The topological polar surface area (TPSA) is 64.9 Å². The summed E-state index contributed by atoms with van der Waals surface area (Å²) in [5.41, 5.74) is 7.28. The van der Waals surface area contributed by atoms with Crippen LogP contribution in [0.25, 0.3) is 0 Å². The molecule has 1 saturated carbocycles. The van der Waals surface area contributed by atoms with E-state index in [1.54, 1.807) is 0 Å². The molecule has 0 radical (unpaired) electrons. The fraction of sp³-hybridized carbons (Fsp3) is 0.429. The number of hydrogen-bond acceptors (Lipinski definition) is 4. The van der Waals surface area contributed by atoms with Crippen molar-refractivity contribution in [2.45, 2.75) is 31.7 Å². The first-order chi connectivity index (χ1) is 8.81. The Balaban J connectivity index is 1.64. The molecule has 1 atom stereocenters. The van der Waals surface area contributed by atoms with Crippen LogP contribution in [0.2, 0.25) is 0 Å². The number of nitrogens with two attached hydrogens (primary N) is 1. The largest absolute Gasteiger partial charge is 0.338 e. The summed E-state index contributed by atoms with van der Waals surface area (Å²) in [6, 6.07) is 9.91. The molecule has 3 rings (SSSR count). The molecule has 94 valence electrons. The lowest BCUT2D eigenvalue weighted by atomic mass is 10.1. The number of benzene rings is 1. The predicted octanol–water partition coefficient (Wildman–Crippen LogP) is 2.26. The highest BCUT2D eigenvalue weighted by molar-refractivity contribution is 5.16. The molecule has 2 aromatic rings. The molecule has 0 bridgehead atoms. The predicted molar refractivity (Wildman–Crippen MR) is 67.8 cm³/mol. The van der Waals surface area contributed by atoms with Crippen molar-refractivity contribution in [2.24, 2.45) is 11.7 Å². The molecule has 0 saturated heterocycles. The summed E-state index contributed by atoms with van der Waals surface area (Å²) < 4.78 is 5.24. The van der Waals surface area contributed by atoms with Crippen molar-refractivity contribution in [3.05, 3.63) is 47.6 Å². The summed E-state index contributed by atoms with van der Waals surface area (Å²) in [5, 5.41) is 3.99. The Morgan fingerprint density at radius 3 is 2.78 bits per heavy atom. The average molecular weight is 243 g/mol. The van der Waals surface area contributed by atoms with Gasteiger partial charge in [0.15, 0.2) is 5.82 Å². The molecule has 2 N–H and O–H groups in total. The fourth-order valence-electron chi connectivity index (χ4n) is 2.04. The van der Waals surface area contributed by atoms with Gasteiger partial charge in [0.05, 0.1) is 6.04 Å². The highest BCUT2D eigenvalue weighted by Crippen LogP contribution is 2.31. The average Bonchev–Trinajstić information content (AvgIpc) is 3.06. The summed E-state index contributed by atoms with van der Waals surface area (Å²) in [7, 11) is 0. The summed E-state index contributed by atoms with van der Waals surface area (Å²) in [6.07, 6.45) is 4.24. The Morgan fingerprint density at radius 2 is 2.06 bits per heavy atom. The first-order valence-electron chi connectivity index (χ1n) is 6.43. The molecular formula is C14H17N3O. The van der Waals surface area contributed by atoms with Crippen LogP contribution in [0.3, 0.4) is 0 Å². The number of aromatic nitrogens is 2. The van der Waals surface area contributed by atoms with Crippen LogP contribution in [0, 0.1) is 5.92 Å². The highest BCUT2D eigenvalue weighted by atomic mass is 16.5. The molecule has 4 nitrogen and oxygen atoms in total. The van der Waals surface area contributed by atoms with Crippen LogP contribution in [0.1, 0.15) is 36.2 Å². The van der Waals surface area contributed by atoms with Crippen molar-refractivity contribution in [1.82, 2.24) is 10.1 Å². The van der Waals surface area contributed by atoms with Crippen LogP contribution in [-0.4, -0.2) is 10.1 Å². The molecule has 1 fully saturated rings. The van der Waals surface area contributed by atoms with Crippen LogP contribution in [-0.2, 0) is 12.8 Å². The van der Waals surface area contributed by atoms with Gasteiger partial charge in [0.2, 0.25) is 5.89 Å². The van der Waals surface area contributed by atoms with E-state index < -0.39 is 0 Å². The van der Waals surface area contributed by atoms with E-state index in [0.29, 0.717) is 5.89 Å². The molecule has 1 aliphatic carbocycles. The minimum atomic E-state index is -0.215. The van der Waals surface area contributed by atoms with Gasteiger partial charge in [-0.3, -0.25) is 0 Å². The monoisotopic (exact) mass is 243 g/mol. The second kappa shape index (κ2) is 4.90. The number of rotatable bonds is 5. The second-order valence-electron chi connectivity index (χ2n) is 4.99. The summed E-state index contributed by atoms with van der Waals surface area (Å²) >= 11 is 0. The van der Waals surface area contributed by atoms with E-state index in [9.17, 15) is 0 Å². The molecule has 1 aromatic heterocycles. The second-order valence-corrected chi connectivity index (χ2v) is 4.99. The molecule has 1 aromatic carbocycles. The van der Waals surface area contributed by atoms with E-state index in [-0.39, 0.29) is 6.04 Å². The van der Waals surface area contributed by atoms with E-state index >= 15 is 0 Å². The van der Waals surface area contributed by atoms with Gasteiger partial charge in [-0.25, -0.2) is 0 Å². The van der Waals surface area contributed by atoms with Crippen molar-refractivity contribution < 1.29 is 4.52 Å². The van der Waals surface area contributed by atoms with E-state index in [2.05, 4.69) is 22.3 Å². The Morgan fingerprint density at radius 1 is 1.28 bits per heavy atom. The van der Waals surface area contributed by atoms with E-state index in [1.165, 1.54) is 18.4 Å². The van der Waals surface area contributed by atoms with Crippen LogP contribution in [0.4, 0.5) is 0 Å². The molecular weight excluding hydrogens is 226 g/mol. The van der Waals surface area contributed by atoms with Gasteiger partial charge in [0.1, 0.15) is 0 Å². The Bertz CT molecular complexity index is 505. The molecule has 1 aliphatic rings. The van der Waals surface area contributed by atoms with E-state index in [4.69, 9.17) is 10.3 Å². The maximum absolute atomic E-state index is 6.09. The van der Waals surface area contributed by atoms with Gasteiger partial charge in [-0.15, -0.1) is 0 Å². The first kappa shape index (κ1) is 11.4. The normalized spacial score (nSPS) is 16.7. The molecule has 18 heavy (non-hydrogen) atoms. The quantitative estimate of drug-likeness (QED) is 0.874. The third-order valence-electron chi connectivity index (χ3n) is 3.27. The van der Waals surface area contributed by atoms with Crippen molar-refractivity contribution in [3.63, 3.8) is 0 Å². The Kier molecular flexibility index (Phi) is 3.11. The van der Waals surface area contributed by atoms with Gasteiger partial charge in [-0.1, -0.05) is 35.5 Å². The Hall–Kier alpha value is -1.68.